The molecule has 1 rings (SSSR count). The third-order valence-corrected chi connectivity index (χ3v) is 3.12. The van der Waals surface area contributed by atoms with Crippen molar-refractivity contribution < 1.29 is 14.6 Å². The number of ether oxygens (including phenoxy) is 2. The van der Waals surface area contributed by atoms with Crippen LogP contribution < -0.4 is 0 Å². The Balaban J connectivity index is 2.97. The van der Waals surface area contributed by atoms with Gasteiger partial charge in [-0.25, -0.2) is 0 Å². The second-order valence-electron chi connectivity index (χ2n) is 4.71. The summed E-state index contributed by atoms with van der Waals surface area (Å²) < 4.78 is 10.3. The molecule has 96 valence electrons. The SMILES string of the molecule is COC(OC)C(C)(O)Cc1c(C)cccc1C. The van der Waals surface area contributed by atoms with Gasteiger partial charge in [0.15, 0.2) is 6.29 Å². The summed E-state index contributed by atoms with van der Waals surface area (Å²) in [6.07, 6.45) is -0.112. The van der Waals surface area contributed by atoms with Gasteiger partial charge < -0.3 is 14.6 Å². The average molecular weight is 238 g/mol. The van der Waals surface area contributed by atoms with Gasteiger partial charge in [0.25, 0.3) is 0 Å². The Hall–Kier alpha value is -0.900. The van der Waals surface area contributed by atoms with E-state index in [1.807, 2.05) is 32.0 Å². The molecule has 0 heterocycles. The van der Waals surface area contributed by atoms with Crippen LogP contribution in [0.5, 0.6) is 0 Å². The molecule has 0 aliphatic carbocycles. The molecule has 0 amide bonds. The molecule has 1 aromatic rings. The summed E-state index contributed by atoms with van der Waals surface area (Å²) in [6, 6.07) is 6.12. The summed E-state index contributed by atoms with van der Waals surface area (Å²) in [5.41, 5.74) is 2.46. The third-order valence-electron chi connectivity index (χ3n) is 3.12. The maximum atomic E-state index is 10.4. The van der Waals surface area contributed by atoms with Gasteiger partial charge >= 0.3 is 0 Å². The number of hydrogen-bond acceptors (Lipinski definition) is 3. The normalized spacial score (nSPS) is 15.0. The number of aliphatic hydroxyl groups is 1. The van der Waals surface area contributed by atoms with Gasteiger partial charge in [-0.15, -0.1) is 0 Å². The van der Waals surface area contributed by atoms with E-state index < -0.39 is 11.9 Å². The summed E-state index contributed by atoms with van der Waals surface area (Å²) in [5, 5.41) is 10.4. The first-order valence-corrected chi connectivity index (χ1v) is 5.75. The van der Waals surface area contributed by atoms with Crippen molar-refractivity contribution in [2.45, 2.75) is 39.1 Å². The molecule has 1 N–H and O–H groups in total. The zero-order valence-electron chi connectivity index (χ0n) is 11.3. The predicted octanol–water partition coefficient (Wildman–Crippen LogP) is 2.22. The molecule has 3 heteroatoms. The first kappa shape index (κ1) is 14.2. The summed E-state index contributed by atoms with van der Waals surface area (Å²) in [6.45, 7) is 5.83. The molecular weight excluding hydrogens is 216 g/mol. The highest BCUT2D eigenvalue weighted by atomic mass is 16.7. The highest BCUT2D eigenvalue weighted by molar-refractivity contribution is 5.34. The lowest BCUT2D eigenvalue weighted by molar-refractivity contribution is -0.207. The lowest BCUT2D eigenvalue weighted by atomic mass is 9.90. The molecule has 0 aromatic heterocycles. The van der Waals surface area contributed by atoms with E-state index in [2.05, 4.69) is 0 Å². The van der Waals surface area contributed by atoms with Crippen molar-refractivity contribution in [3.8, 4) is 0 Å². The van der Waals surface area contributed by atoms with Crippen LogP contribution >= 0.6 is 0 Å². The molecule has 0 saturated carbocycles. The topological polar surface area (TPSA) is 38.7 Å². The molecule has 0 aliphatic rings. The van der Waals surface area contributed by atoms with E-state index in [0.29, 0.717) is 6.42 Å². The van der Waals surface area contributed by atoms with Gasteiger partial charge in [0.05, 0.1) is 0 Å². The molecule has 1 atom stereocenters. The standard InChI is InChI=1S/C14H22O3/c1-10-7-6-8-11(2)12(10)9-14(3,15)13(16-4)17-5/h6-8,13,15H,9H2,1-5H3. The van der Waals surface area contributed by atoms with Crippen LogP contribution in [0.4, 0.5) is 0 Å². The van der Waals surface area contributed by atoms with Gasteiger partial charge in [-0.05, 0) is 37.5 Å². The predicted molar refractivity (Wildman–Crippen MR) is 68.0 cm³/mol. The Morgan fingerprint density at radius 1 is 1.18 bits per heavy atom. The zero-order valence-corrected chi connectivity index (χ0v) is 11.3. The molecule has 0 radical (unpaired) electrons. The van der Waals surface area contributed by atoms with E-state index in [-0.39, 0.29) is 0 Å². The fraction of sp³-hybridized carbons (Fsp3) is 0.571. The van der Waals surface area contributed by atoms with Crippen LogP contribution in [-0.4, -0.2) is 31.2 Å². The molecule has 17 heavy (non-hydrogen) atoms. The summed E-state index contributed by atoms with van der Waals surface area (Å²) >= 11 is 0. The largest absolute Gasteiger partial charge is 0.385 e. The molecular formula is C14H22O3. The maximum absolute atomic E-state index is 10.4. The monoisotopic (exact) mass is 238 g/mol. The van der Waals surface area contributed by atoms with Crippen molar-refractivity contribution in [1.29, 1.82) is 0 Å². The Morgan fingerprint density at radius 3 is 2.06 bits per heavy atom. The van der Waals surface area contributed by atoms with Crippen LogP contribution in [0.1, 0.15) is 23.6 Å². The number of methoxy groups -OCH3 is 2. The highest BCUT2D eigenvalue weighted by Crippen LogP contribution is 2.24. The van der Waals surface area contributed by atoms with E-state index in [1.165, 1.54) is 25.3 Å². The van der Waals surface area contributed by atoms with Crippen LogP contribution in [0.25, 0.3) is 0 Å². The van der Waals surface area contributed by atoms with Gasteiger partial charge in [-0.2, -0.15) is 0 Å². The minimum atomic E-state index is -1.04. The van der Waals surface area contributed by atoms with E-state index in [0.717, 1.165) is 5.56 Å². The number of benzene rings is 1. The summed E-state index contributed by atoms with van der Waals surface area (Å²) in [4.78, 5) is 0. The average Bonchev–Trinajstić information content (AvgIpc) is 2.25. The Kier molecular flexibility index (Phi) is 4.69. The van der Waals surface area contributed by atoms with Gasteiger partial charge in [-0.3, -0.25) is 0 Å². The first-order valence-electron chi connectivity index (χ1n) is 5.75. The fourth-order valence-electron chi connectivity index (χ4n) is 2.17. The minimum Gasteiger partial charge on any atom is -0.385 e. The van der Waals surface area contributed by atoms with Crippen LogP contribution in [0.2, 0.25) is 0 Å². The van der Waals surface area contributed by atoms with Gasteiger partial charge in [0.2, 0.25) is 0 Å². The molecule has 0 saturated heterocycles. The molecule has 0 spiro atoms. The van der Waals surface area contributed by atoms with Crippen LogP contribution in [0.3, 0.4) is 0 Å². The molecule has 1 unspecified atom stereocenters. The fourth-order valence-corrected chi connectivity index (χ4v) is 2.17. The number of rotatable bonds is 5. The van der Waals surface area contributed by atoms with Crippen molar-refractivity contribution in [3.05, 3.63) is 34.9 Å². The van der Waals surface area contributed by atoms with Crippen molar-refractivity contribution in [2.75, 3.05) is 14.2 Å². The molecule has 0 bridgehead atoms. The third kappa shape index (κ3) is 3.28. The maximum Gasteiger partial charge on any atom is 0.185 e. The van der Waals surface area contributed by atoms with Crippen molar-refractivity contribution >= 4 is 0 Å². The Bertz CT molecular complexity index is 347. The van der Waals surface area contributed by atoms with E-state index in [4.69, 9.17) is 9.47 Å². The smallest absolute Gasteiger partial charge is 0.185 e. The lowest BCUT2D eigenvalue weighted by Gasteiger charge is -2.31. The van der Waals surface area contributed by atoms with E-state index >= 15 is 0 Å². The quantitative estimate of drug-likeness (QED) is 0.799. The second-order valence-corrected chi connectivity index (χ2v) is 4.71. The van der Waals surface area contributed by atoms with E-state index in [1.54, 1.807) is 6.92 Å². The van der Waals surface area contributed by atoms with Crippen LogP contribution in [0, 0.1) is 13.8 Å². The Morgan fingerprint density at radius 2 is 1.65 bits per heavy atom. The number of aryl methyl sites for hydroxylation is 2. The van der Waals surface area contributed by atoms with Crippen molar-refractivity contribution in [2.24, 2.45) is 0 Å². The van der Waals surface area contributed by atoms with Gasteiger partial charge in [0.1, 0.15) is 5.60 Å². The molecule has 1 aromatic carbocycles. The molecule has 0 fully saturated rings. The summed E-state index contributed by atoms with van der Waals surface area (Å²) in [5.74, 6) is 0. The van der Waals surface area contributed by atoms with Gasteiger partial charge in [-0.1, -0.05) is 18.2 Å². The second kappa shape index (κ2) is 5.63. The minimum absolute atomic E-state index is 0.512. The van der Waals surface area contributed by atoms with Crippen LogP contribution in [0.15, 0.2) is 18.2 Å². The lowest BCUT2D eigenvalue weighted by Crippen LogP contribution is -2.44. The first-order chi connectivity index (χ1) is 7.92. The van der Waals surface area contributed by atoms with Crippen molar-refractivity contribution in [1.82, 2.24) is 0 Å². The van der Waals surface area contributed by atoms with Crippen molar-refractivity contribution in [3.63, 3.8) is 0 Å². The zero-order chi connectivity index (χ0) is 13.1. The molecule has 3 nitrogen and oxygen atoms in total. The summed E-state index contributed by atoms with van der Waals surface area (Å²) in [7, 11) is 3.07. The van der Waals surface area contributed by atoms with Gasteiger partial charge in [0, 0.05) is 20.6 Å². The Labute approximate surface area is 103 Å². The van der Waals surface area contributed by atoms with E-state index in [9.17, 15) is 5.11 Å². The van der Waals surface area contributed by atoms with Crippen LogP contribution in [-0.2, 0) is 15.9 Å². The molecule has 0 aliphatic heterocycles. The highest BCUT2D eigenvalue weighted by Gasteiger charge is 2.33. The number of hydrogen-bond donors (Lipinski definition) is 1.